The molecule has 84 valence electrons. The highest BCUT2D eigenvalue weighted by atomic mass is 35.7. The van der Waals surface area contributed by atoms with E-state index in [0.29, 0.717) is 5.02 Å². The van der Waals surface area contributed by atoms with Crippen molar-refractivity contribution in [3.05, 3.63) is 34.9 Å². The fourth-order valence-electron chi connectivity index (χ4n) is 1.42. The third kappa shape index (κ3) is 4.01. The van der Waals surface area contributed by atoms with E-state index in [0.717, 1.165) is 5.56 Å². The van der Waals surface area contributed by atoms with Crippen LogP contribution in [0.1, 0.15) is 19.4 Å². The second kappa shape index (κ2) is 4.32. The summed E-state index contributed by atoms with van der Waals surface area (Å²) in [5.74, 6) is -0.0941. The van der Waals surface area contributed by atoms with E-state index in [1.165, 1.54) is 0 Å². The van der Waals surface area contributed by atoms with Gasteiger partial charge in [-0.25, -0.2) is 8.42 Å². The lowest BCUT2D eigenvalue weighted by molar-refractivity contribution is 0.558. The third-order valence-corrected chi connectivity index (χ3v) is 3.80. The molecule has 15 heavy (non-hydrogen) atoms. The van der Waals surface area contributed by atoms with E-state index in [-0.39, 0.29) is 5.75 Å². The van der Waals surface area contributed by atoms with E-state index >= 15 is 0 Å². The summed E-state index contributed by atoms with van der Waals surface area (Å²) in [7, 11) is 1.74. The molecule has 0 aliphatic heterocycles. The molecule has 0 aromatic heterocycles. The maximum absolute atomic E-state index is 11.0. The van der Waals surface area contributed by atoms with E-state index < -0.39 is 14.5 Å². The van der Waals surface area contributed by atoms with Crippen LogP contribution in [0, 0.1) is 0 Å². The van der Waals surface area contributed by atoms with Gasteiger partial charge in [-0.1, -0.05) is 37.6 Å². The maximum atomic E-state index is 11.0. The first kappa shape index (κ1) is 12.8. The Morgan fingerprint density at radius 1 is 1.20 bits per heavy atom. The Hall–Kier alpha value is -0.250. The average Bonchev–Trinajstić information content (AvgIpc) is 2.00. The molecule has 0 spiro atoms. The maximum Gasteiger partial charge on any atom is 0.233 e. The van der Waals surface area contributed by atoms with Crippen LogP contribution in [-0.4, -0.2) is 14.2 Å². The summed E-state index contributed by atoms with van der Waals surface area (Å²) in [6.45, 7) is 3.66. The number of hydrogen-bond acceptors (Lipinski definition) is 2. The first-order valence-electron chi connectivity index (χ1n) is 4.39. The Labute approximate surface area is 99.6 Å². The lowest BCUT2D eigenvalue weighted by Gasteiger charge is -2.23. The molecule has 0 radical (unpaired) electrons. The molecule has 0 bridgehead atoms. The fourth-order valence-corrected chi connectivity index (χ4v) is 3.39. The average molecular weight is 267 g/mol. The molecule has 1 aromatic carbocycles. The highest BCUT2D eigenvalue weighted by Gasteiger charge is 2.26. The second-order valence-electron chi connectivity index (χ2n) is 4.07. The standard InChI is InChI=1S/C10H12Cl2O2S/c1-10(2,7-15(12,13)14)8-3-5-9(11)6-4-8/h3-6H,7H2,1-2H3. The van der Waals surface area contributed by atoms with Crippen molar-refractivity contribution in [1.82, 2.24) is 0 Å². The molecule has 0 amide bonds. The van der Waals surface area contributed by atoms with Gasteiger partial charge in [0, 0.05) is 21.1 Å². The summed E-state index contributed by atoms with van der Waals surface area (Å²) in [6.07, 6.45) is 0. The molecule has 1 aromatic rings. The summed E-state index contributed by atoms with van der Waals surface area (Å²) < 4.78 is 22.1. The molecule has 0 saturated heterocycles. The van der Waals surface area contributed by atoms with Gasteiger partial charge in [0.15, 0.2) is 0 Å². The predicted octanol–water partition coefficient (Wildman–Crippen LogP) is 3.19. The number of benzene rings is 1. The Morgan fingerprint density at radius 2 is 1.67 bits per heavy atom. The van der Waals surface area contributed by atoms with Crippen LogP contribution in [0.3, 0.4) is 0 Å². The molecule has 0 unspecified atom stereocenters. The molecule has 0 saturated carbocycles. The SMILES string of the molecule is CC(C)(CS(=O)(=O)Cl)c1ccc(Cl)cc1. The summed E-state index contributed by atoms with van der Waals surface area (Å²) in [6, 6.07) is 7.09. The number of rotatable bonds is 3. The minimum Gasteiger partial charge on any atom is -0.212 e. The normalized spacial score (nSPS) is 12.8. The third-order valence-electron chi connectivity index (χ3n) is 2.16. The Morgan fingerprint density at radius 3 is 2.07 bits per heavy atom. The highest BCUT2D eigenvalue weighted by Crippen LogP contribution is 2.27. The van der Waals surface area contributed by atoms with Gasteiger partial charge < -0.3 is 0 Å². The largest absolute Gasteiger partial charge is 0.233 e. The zero-order valence-corrected chi connectivity index (χ0v) is 10.8. The predicted molar refractivity (Wildman–Crippen MR) is 64.1 cm³/mol. The Balaban J connectivity index is 3.00. The molecule has 5 heteroatoms. The molecule has 2 nitrogen and oxygen atoms in total. The summed E-state index contributed by atoms with van der Waals surface area (Å²) in [5, 5.41) is 0.628. The first-order valence-corrected chi connectivity index (χ1v) is 7.25. The number of hydrogen-bond donors (Lipinski definition) is 0. The van der Waals surface area contributed by atoms with Crippen molar-refractivity contribution >= 4 is 31.3 Å². The molecule has 0 aliphatic rings. The monoisotopic (exact) mass is 266 g/mol. The molecule has 1 rings (SSSR count). The fraction of sp³-hybridized carbons (Fsp3) is 0.400. The molecule has 0 heterocycles. The van der Waals surface area contributed by atoms with Crippen molar-refractivity contribution in [3.63, 3.8) is 0 Å². The summed E-state index contributed by atoms with van der Waals surface area (Å²) in [4.78, 5) is 0. The van der Waals surface area contributed by atoms with E-state index in [2.05, 4.69) is 0 Å². The molecule has 0 atom stereocenters. The van der Waals surface area contributed by atoms with Crippen LogP contribution >= 0.6 is 22.3 Å². The minimum absolute atomic E-state index is 0.0941. The van der Waals surface area contributed by atoms with Gasteiger partial charge in [-0.2, -0.15) is 0 Å². The van der Waals surface area contributed by atoms with Crippen LogP contribution in [0.15, 0.2) is 24.3 Å². The van der Waals surface area contributed by atoms with Crippen LogP contribution < -0.4 is 0 Å². The van der Waals surface area contributed by atoms with E-state index in [1.54, 1.807) is 12.1 Å². The lowest BCUT2D eigenvalue weighted by Crippen LogP contribution is -2.25. The summed E-state index contributed by atoms with van der Waals surface area (Å²) >= 11 is 5.75. The van der Waals surface area contributed by atoms with E-state index in [4.69, 9.17) is 22.3 Å². The zero-order chi connectivity index (χ0) is 11.7. The van der Waals surface area contributed by atoms with Crippen LogP contribution in [0.4, 0.5) is 0 Å². The van der Waals surface area contributed by atoms with Gasteiger partial charge in [0.2, 0.25) is 9.05 Å². The molecule has 0 N–H and O–H groups in total. The molecular formula is C10H12Cl2O2S. The van der Waals surface area contributed by atoms with Gasteiger partial charge in [0.05, 0.1) is 5.75 Å². The Bertz CT molecular complexity index is 435. The summed E-state index contributed by atoms with van der Waals surface area (Å²) in [5.41, 5.74) is 0.390. The minimum atomic E-state index is -3.50. The van der Waals surface area contributed by atoms with Gasteiger partial charge >= 0.3 is 0 Å². The van der Waals surface area contributed by atoms with Crippen molar-refractivity contribution in [2.75, 3.05) is 5.75 Å². The Kier molecular flexibility index (Phi) is 3.69. The van der Waals surface area contributed by atoms with E-state index in [1.807, 2.05) is 26.0 Å². The van der Waals surface area contributed by atoms with Crippen LogP contribution in [0.2, 0.25) is 5.02 Å². The smallest absolute Gasteiger partial charge is 0.212 e. The topological polar surface area (TPSA) is 34.1 Å². The first-order chi connectivity index (χ1) is 6.71. The van der Waals surface area contributed by atoms with Crippen molar-refractivity contribution in [3.8, 4) is 0 Å². The van der Waals surface area contributed by atoms with Crippen molar-refractivity contribution < 1.29 is 8.42 Å². The van der Waals surface area contributed by atoms with Crippen molar-refractivity contribution in [2.24, 2.45) is 0 Å². The second-order valence-corrected chi connectivity index (χ2v) is 7.29. The highest BCUT2D eigenvalue weighted by molar-refractivity contribution is 8.13. The van der Waals surface area contributed by atoms with E-state index in [9.17, 15) is 8.42 Å². The van der Waals surface area contributed by atoms with Crippen molar-refractivity contribution in [2.45, 2.75) is 19.3 Å². The quantitative estimate of drug-likeness (QED) is 0.788. The number of halogens is 2. The molecule has 0 fully saturated rings. The van der Waals surface area contributed by atoms with Gasteiger partial charge in [-0.15, -0.1) is 0 Å². The zero-order valence-electron chi connectivity index (χ0n) is 8.50. The van der Waals surface area contributed by atoms with Crippen LogP contribution in [0.5, 0.6) is 0 Å². The van der Waals surface area contributed by atoms with Crippen LogP contribution in [-0.2, 0) is 14.5 Å². The molecular weight excluding hydrogens is 255 g/mol. The van der Waals surface area contributed by atoms with Crippen LogP contribution in [0.25, 0.3) is 0 Å². The molecule has 0 aliphatic carbocycles. The van der Waals surface area contributed by atoms with Gasteiger partial charge in [0.1, 0.15) is 0 Å². The lowest BCUT2D eigenvalue weighted by atomic mass is 9.87. The van der Waals surface area contributed by atoms with Gasteiger partial charge in [-0.3, -0.25) is 0 Å². The van der Waals surface area contributed by atoms with Gasteiger partial charge in [-0.05, 0) is 17.7 Å². The van der Waals surface area contributed by atoms with Gasteiger partial charge in [0.25, 0.3) is 0 Å². The van der Waals surface area contributed by atoms with Crippen molar-refractivity contribution in [1.29, 1.82) is 0 Å².